The summed E-state index contributed by atoms with van der Waals surface area (Å²) in [4.78, 5) is 33.0. The van der Waals surface area contributed by atoms with Crippen molar-refractivity contribution in [2.45, 2.75) is 31.0 Å². The third-order valence-electron chi connectivity index (χ3n) is 3.87. The lowest BCUT2D eigenvalue weighted by Crippen LogP contribution is -2.22. The first-order valence-corrected chi connectivity index (χ1v) is 9.14. The number of para-hydroxylation sites is 1. The van der Waals surface area contributed by atoms with E-state index in [1.165, 1.54) is 18.7 Å². The van der Waals surface area contributed by atoms with E-state index in [0.29, 0.717) is 17.1 Å². The SMILES string of the molecule is CC(=O)c1cccc(NC(=O)[C@@H](C)Sc2nc(C)nc3ccccc23)c1. The zero-order chi connectivity index (χ0) is 18.7. The molecule has 1 amide bonds. The van der Waals surface area contributed by atoms with Crippen LogP contribution >= 0.6 is 11.8 Å². The van der Waals surface area contributed by atoms with Crippen molar-refractivity contribution in [2.75, 3.05) is 5.32 Å². The van der Waals surface area contributed by atoms with E-state index in [0.717, 1.165) is 15.9 Å². The lowest BCUT2D eigenvalue weighted by molar-refractivity contribution is -0.115. The first kappa shape index (κ1) is 18.1. The molecule has 1 heterocycles. The standard InChI is InChI=1S/C20H19N3O2S/c1-12(24)15-7-6-8-16(11-15)23-19(25)13(2)26-20-17-9-4-5-10-18(17)21-14(3)22-20/h4-11,13H,1-3H3,(H,23,25)/t13-/m1/s1. The Morgan fingerprint density at radius 1 is 1.08 bits per heavy atom. The Kier molecular flexibility index (Phi) is 5.32. The van der Waals surface area contributed by atoms with Crippen LogP contribution in [0.2, 0.25) is 0 Å². The molecule has 2 aromatic carbocycles. The molecule has 0 radical (unpaired) electrons. The minimum atomic E-state index is -0.353. The summed E-state index contributed by atoms with van der Waals surface area (Å²) in [6.07, 6.45) is 0. The highest BCUT2D eigenvalue weighted by molar-refractivity contribution is 8.00. The number of hydrogen-bond donors (Lipinski definition) is 1. The van der Waals surface area contributed by atoms with Gasteiger partial charge >= 0.3 is 0 Å². The van der Waals surface area contributed by atoms with E-state index in [2.05, 4.69) is 15.3 Å². The quantitative estimate of drug-likeness (QED) is 0.415. The van der Waals surface area contributed by atoms with Crippen LogP contribution in [0.25, 0.3) is 10.9 Å². The Hall–Kier alpha value is -2.73. The van der Waals surface area contributed by atoms with Crippen molar-refractivity contribution in [3.63, 3.8) is 0 Å². The molecular formula is C20H19N3O2S. The number of carbonyl (C=O) groups excluding carboxylic acids is 2. The average Bonchev–Trinajstić information content (AvgIpc) is 2.61. The number of amides is 1. The molecule has 0 bridgehead atoms. The number of ketones is 1. The van der Waals surface area contributed by atoms with Gasteiger partial charge in [0.25, 0.3) is 0 Å². The molecule has 6 heteroatoms. The maximum Gasteiger partial charge on any atom is 0.237 e. The van der Waals surface area contributed by atoms with Gasteiger partial charge in [-0.15, -0.1) is 0 Å². The van der Waals surface area contributed by atoms with E-state index in [1.807, 2.05) is 38.1 Å². The van der Waals surface area contributed by atoms with Gasteiger partial charge < -0.3 is 5.32 Å². The maximum atomic E-state index is 12.6. The molecule has 0 aliphatic carbocycles. The molecule has 0 unspecified atom stereocenters. The van der Waals surface area contributed by atoms with Gasteiger partial charge in [-0.3, -0.25) is 9.59 Å². The molecule has 26 heavy (non-hydrogen) atoms. The fraction of sp³-hybridized carbons (Fsp3) is 0.200. The predicted octanol–water partition coefficient (Wildman–Crippen LogP) is 4.26. The van der Waals surface area contributed by atoms with Crippen molar-refractivity contribution in [1.29, 1.82) is 0 Å². The zero-order valence-corrected chi connectivity index (χ0v) is 15.6. The third-order valence-corrected chi connectivity index (χ3v) is 4.98. The van der Waals surface area contributed by atoms with Gasteiger partial charge in [-0.25, -0.2) is 9.97 Å². The van der Waals surface area contributed by atoms with Gasteiger partial charge in [0, 0.05) is 16.6 Å². The van der Waals surface area contributed by atoms with Gasteiger partial charge in [-0.1, -0.05) is 42.1 Å². The second-order valence-corrected chi connectivity index (χ2v) is 7.31. The maximum absolute atomic E-state index is 12.6. The second kappa shape index (κ2) is 7.66. The van der Waals surface area contributed by atoms with Gasteiger partial charge in [0.1, 0.15) is 10.9 Å². The molecule has 0 spiro atoms. The molecule has 0 saturated heterocycles. The largest absolute Gasteiger partial charge is 0.325 e. The lowest BCUT2D eigenvalue weighted by Gasteiger charge is -2.13. The van der Waals surface area contributed by atoms with E-state index in [1.54, 1.807) is 24.3 Å². The third kappa shape index (κ3) is 4.08. The topological polar surface area (TPSA) is 72.0 Å². The van der Waals surface area contributed by atoms with Crippen LogP contribution in [0.5, 0.6) is 0 Å². The highest BCUT2D eigenvalue weighted by Gasteiger charge is 2.18. The highest BCUT2D eigenvalue weighted by atomic mass is 32.2. The molecular weight excluding hydrogens is 346 g/mol. The van der Waals surface area contributed by atoms with Crippen LogP contribution in [0.15, 0.2) is 53.6 Å². The molecule has 0 fully saturated rings. The average molecular weight is 365 g/mol. The molecule has 0 saturated carbocycles. The number of thioether (sulfide) groups is 1. The number of aromatic nitrogens is 2. The summed E-state index contributed by atoms with van der Waals surface area (Å²) < 4.78 is 0. The Morgan fingerprint density at radius 2 is 1.85 bits per heavy atom. The molecule has 3 rings (SSSR count). The summed E-state index contributed by atoms with van der Waals surface area (Å²) in [6, 6.07) is 14.7. The number of rotatable bonds is 5. The van der Waals surface area contributed by atoms with E-state index in [-0.39, 0.29) is 16.9 Å². The van der Waals surface area contributed by atoms with Crippen molar-refractivity contribution in [3.05, 3.63) is 59.9 Å². The molecule has 1 N–H and O–H groups in total. The van der Waals surface area contributed by atoms with Crippen molar-refractivity contribution in [1.82, 2.24) is 9.97 Å². The Bertz CT molecular complexity index is 988. The summed E-state index contributed by atoms with van der Waals surface area (Å²) in [6.45, 7) is 5.18. The van der Waals surface area contributed by atoms with E-state index >= 15 is 0 Å². The fourth-order valence-electron chi connectivity index (χ4n) is 2.53. The summed E-state index contributed by atoms with van der Waals surface area (Å²) in [5.41, 5.74) is 2.05. The number of benzene rings is 2. The lowest BCUT2D eigenvalue weighted by atomic mass is 10.1. The van der Waals surface area contributed by atoms with E-state index < -0.39 is 0 Å². The normalized spacial score (nSPS) is 12.0. The summed E-state index contributed by atoms with van der Waals surface area (Å²) in [5, 5.41) is 4.23. The highest BCUT2D eigenvalue weighted by Crippen LogP contribution is 2.29. The van der Waals surface area contributed by atoms with Crippen molar-refractivity contribution < 1.29 is 9.59 Å². The number of nitrogens with zero attached hydrogens (tertiary/aromatic N) is 2. The molecule has 1 aromatic heterocycles. The molecule has 1 atom stereocenters. The Morgan fingerprint density at radius 3 is 2.62 bits per heavy atom. The van der Waals surface area contributed by atoms with Gasteiger partial charge in [-0.2, -0.15) is 0 Å². The molecule has 0 aliphatic heterocycles. The number of Topliss-reactive ketones (excluding diaryl/α,β-unsaturated/α-hetero) is 1. The van der Waals surface area contributed by atoms with Crippen LogP contribution < -0.4 is 5.32 Å². The van der Waals surface area contributed by atoms with E-state index in [4.69, 9.17) is 0 Å². The second-order valence-electron chi connectivity index (χ2n) is 5.98. The Balaban J connectivity index is 1.78. The van der Waals surface area contributed by atoms with Crippen molar-refractivity contribution >= 4 is 40.0 Å². The van der Waals surface area contributed by atoms with Crippen LogP contribution in [0, 0.1) is 6.92 Å². The van der Waals surface area contributed by atoms with Crippen LogP contribution in [-0.4, -0.2) is 26.9 Å². The number of anilines is 1. The minimum absolute atomic E-state index is 0.0357. The van der Waals surface area contributed by atoms with Crippen LogP contribution in [0.4, 0.5) is 5.69 Å². The van der Waals surface area contributed by atoms with Crippen LogP contribution in [-0.2, 0) is 4.79 Å². The first-order valence-electron chi connectivity index (χ1n) is 8.26. The van der Waals surface area contributed by atoms with Gasteiger partial charge in [0.05, 0.1) is 10.8 Å². The molecule has 5 nitrogen and oxygen atoms in total. The number of carbonyl (C=O) groups is 2. The first-order chi connectivity index (χ1) is 12.4. The number of nitrogens with one attached hydrogen (secondary N) is 1. The van der Waals surface area contributed by atoms with Crippen molar-refractivity contribution in [3.8, 4) is 0 Å². The number of aryl methyl sites for hydroxylation is 1. The summed E-state index contributed by atoms with van der Waals surface area (Å²) >= 11 is 1.39. The summed E-state index contributed by atoms with van der Waals surface area (Å²) in [7, 11) is 0. The van der Waals surface area contributed by atoms with Crippen LogP contribution in [0.3, 0.4) is 0 Å². The summed E-state index contributed by atoms with van der Waals surface area (Å²) in [5.74, 6) is 0.496. The van der Waals surface area contributed by atoms with Gasteiger partial charge in [0.15, 0.2) is 5.78 Å². The molecule has 0 aliphatic rings. The van der Waals surface area contributed by atoms with E-state index in [9.17, 15) is 9.59 Å². The van der Waals surface area contributed by atoms with Gasteiger partial charge in [0.2, 0.25) is 5.91 Å². The zero-order valence-electron chi connectivity index (χ0n) is 14.8. The van der Waals surface area contributed by atoms with Crippen LogP contribution in [0.1, 0.15) is 30.0 Å². The van der Waals surface area contributed by atoms with Crippen molar-refractivity contribution in [2.24, 2.45) is 0 Å². The minimum Gasteiger partial charge on any atom is -0.325 e. The number of hydrogen-bond acceptors (Lipinski definition) is 5. The smallest absolute Gasteiger partial charge is 0.237 e. The van der Waals surface area contributed by atoms with Gasteiger partial charge in [-0.05, 0) is 39.0 Å². The fourth-order valence-corrected chi connectivity index (χ4v) is 3.51. The predicted molar refractivity (Wildman–Crippen MR) is 105 cm³/mol. The monoisotopic (exact) mass is 365 g/mol. The number of fused-ring (bicyclic) bond motifs is 1. The molecule has 132 valence electrons. The Labute approximate surface area is 156 Å². The molecule has 3 aromatic rings.